The minimum atomic E-state index is -0.344. The van der Waals surface area contributed by atoms with Gasteiger partial charge in [-0.15, -0.1) is 0 Å². The molecule has 0 saturated carbocycles. The largest absolute Gasteiger partial charge is 0.301 e. The summed E-state index contributed by atoms with van der Waals surface area (Å²) in [5.41, 5.74) is 1.10. The first-order valence-corrected chi connectivity index (χ1v) is 8.16. The van der Waals surface area contributed by atoms with E-state index in [2.05, 4.69) is 39.7 Å². The number of nitro benzene ring substituents is 1. The van der Waals surface area contributed by atoms with Gasteiger partial charge in [0.1, 0.15) is 0 Å². The number of hydrogen-bond donors (Lipinski definition) is 0. The van der Waals surface area contributed by atoms with Crippen molar-refractivity contribution in [3.63, 3.8) is 0 Å². The van der Waals surface area contributed by atoms with E-state index in [1.165, 1.54) is 25.5 Å². The molecule has 1 aliphatic heterocycles. The summed E-state index contributed by atoms with van der Waals surface area (Å²) in [6, 6.07) is 5.83. The van der Waals surface area contributed by atoms with Crippen molar-refractivity contribution in [1.82, 2.24) is 9.80 Å². The molecule has 0 spiro atoms. The minimum absolute atomic E-state index is 0.136. The molecule has 1 unspecified atom stereocenters. The smallest absolute Gasteiger partial charge is 0.283 e. The van der Waals surface area contributed by atoms with Crippen LogP contribution in [0.1, 0.15) is 25.3 Å². The molecule has 1 atom stereocenters. The highest BCUT2D eigenvalue weighted by Gasteiger charge is 2.24. The molecular formula is C15H22BrN3O2. The van der Waals surface area contributed by atoms with Crippen molar-refractivity contribution in [2.75, 3.05) is 26.7 Å². The Morgan fingerprint density at radius 2 is 2.29 bits per heavy atom. The van der Waals surface area contributed by atoms with E-state index in [9.17, 15) is 10.1 Å². The van der Waals surface area contributed by atoms with Gasteiger partial charge >= 0.3 is 0 Å². The molecule has 5 nitrogen and oxygen atoms in total. The third kappa shape index (κ3) is 4.02. The lowest BCUT2D eigenvalue weighted by atomic mass is 10.1. The first kappa shape index (κ1) is 16.4. The Kier molecular flexibility index (Phi) is 5.72. The standard InChI is InChI=1S/C15H22BrN3O2/c1-3-18-9-5-7-13(18)11-17(2)10-12-6-4-8-14(15(12)16)19(20)21/h4,6,8,13H,3,5,7,9-11H2,1-2H3. The number of nitrogens with zero attached hydrogens (tertiary/aromatic N) is 3. The van der Waals surface area contributed by atoms with Gasteiger partial charge in [0.05, 0.1) is 9.40 Å². The highest BCUT2D eigenvalue weighted by atomic mass is 79.9. The van der Waals surface area contributed by atoms with Gasteiger partial charge in [0.25, 0.3) is 5.69 Å². The lowest BCUT2D eigenvalue weighted by molar-refractivity contribution is -0.385. The Morgan fingerprint density at radius 1 is 1.52 bits per heavy atom. The Bertz CT molecular complexity index is 510. The van der Waals surface area contributed by atoms with Gasteiger partial charge in [0.2, 0.25) is 0 Å². The fourth-order valence-electron chi connectivity index (χ4n) is 3.06. The molecule has 0 aliphatic carbocycles. The van der Waals surface area contributed by atoms with Crippen molar-refractivity contribution >= 4 is 21.6 Å². The maximum Gasteiger partial charge on any atom is 0.283 e. The van der Waals surface area contributed by atoms with Gasteiger partial charge in [-0.3, -0.25) is 15.0 Å². The highest BCUT2D eigenvalue weighted by molar-refractivity contribution is 9.10. The maximum atomic E-state index is 11.0. The lowest BCUT2D eigenvalue weighted by Gasteiger charge is -2.27. The molecule has 1 heterocycles. The van der Waals surface area contributed by atoms with E-state index in [4.69, 9.17) is 0 Å². The molecule has 0 amide bonds. The van der Waals surface area contributed by atoms with E-state index in [1.54, 1.807) is 6.07 Å². The molecule has 21 heavy (non-hydrogen) atoms. The number of halogens is 1. The van der Waals surface area contributed by atoms with Crippen LogP contribution in [0.4, 0.5) is 5.69 Å². The van der Waals surface area contributed by atoms with Crippen LogP contribution in [0.2, 0.25) is 0 Å². The summed E-state index contributed by atoms with van der Waals surface area (Å²) in [6.07, 6.45) is 2.52. The fourth-order valence-corrected chi connectivity index (χ4v) is 3.60. The molecule has 116 valence electrons. The van der Waals surface area contributed by atoms with Crippen LogP contribution in [0.25, 0.3) is 0 Å². The quantitative estimate of drug-likeness (QED) is 0.580. The van der Waals surface area contributed by atoms with E-state index in [-0.39, 0.29) is 10.6 Å². The first-order chi connectivity index (χ1) is 10.0. The summed E-state index contributed by atoms with van der Waals surface area (Å²) in [6.45, 7) is 6.21. The van der Waals surface area contributed by atoms with Gasteiger partial charge in [-0.1, -0.05) is 19.1 Å². The van der Waals surface area contributed by atoms with E-state index in [0.29, 0.717) is 10.5 Å². The minimum Gasteiger partial charge on any atom is -0.301 e. The van der Waals surface area contributed by atoms with Crippen molar-refractivity contribution in [3.05, 3.63) is 38.3 Å². The zero-order valence-corrected chi connectivity index (χ0v) is 14.2. The predicted octanol–water partition coefficient (Wildman–Crippen LogP) is 3.27. The predicted molar refractivity (Wildman–Crippen MR) is 87.4 cm³/mol. The third-order valence-corrected chi connectivity index (χ3v) is 5.04. The van der Waals surface area contributed by atoms with Crippen LogP contribution in [0, 0.1) is 10.1 Å². The topological polar surface area (TPSA) is 49.6 Å². The van der Waals surface area contributed by atoms with Crippen LogP contribution < -0.4 is 0 Å². The van der Waals surface area contributed by atoms with Gasteiger partial charge in [-0.2, -0.15) is 0 Å². The normalized spacial score (nSPS) is 19.3. The number of hydrogen-bond acceptors (Lipinski definition) is 4. The van der Waals surface area contributed by atoms with Gasteiger partial charge in [0.15, 0.2) is 0 Å². The van der Waals surface area contributed by atoms with Crippen molar-refractivity contribution in [1.29, 1.82) is 0 Å². The summed E-state index contributed by atoms with van der Waals surface area (Å²) in [4.78, 5) is 15.4. The van der Waals surface area contributed by atoms with Crippen molar-refractivity contribution < 1.29 is 4.92 Å². The maximum absolute atomic E-state index is 11.0. The Balaban J connectivity index is 2.01. The molecule has 6 heteroatoms. The van der Waals surface area contributed by atoms with Crippen LogP contribution in [-0.4, -0.2) is 47.4 Å². The van der Waals surface area contributed by atoms with Crippen LogP contribution in [0.5, 0.6) is 0 Å². The summed E-state index contributed by atoms with van der Waals surface area (Å²) in [5, 5.41) is 11.0. The van der Waals surface area contributed by atoms with Crippen LogP contribution >= 0.6 is 15.9 Å². The Labute approximate surface area is 134 Å². The molecule has 0 bridgehead atoms. The summed E-state index contributed by atoms with van der Waals surface area (Å²) in [7, 11) is 2.08. The average molecular weight is 356 g/mol. The van der Waals surface area contributed by atoms with Crippen LogP contribution in [0.15, 0.2) is 22.7 Å². The van der Waals surface area contributed by atoms with Gasteiger partial charge in [-0.05, 0) is 54.5 Å². The molecule has 1 aliphatic rings. The van der Waals surface area contributed by atoms with E-state index in [0.717, 1.165) is 25.2 Å². The molecule has 1 aromatic rings. The molecular weight excluding hydrogens is 334 g/mol. The Hall–Kier alpha value is -0.980. The zero-order valence-electron chi connectivity index (χ0n) is 12.6. The summed E-state index contributed by atoms with van der Waals surface area (Å²) in [5.74, 6) is 0. The second-order valence-electron chi connectivity index (χ2n) is 5.63. The van der Waals surface area contributed by atoms with Gasteiger partial charge in [0, 0.05) is 25.2 Å². The molecule has 0 aromatic heterocycles. The van der Waals surface area contributed by atoms with Crippen molar-refractivity contribution in [3.8, 4) is 0 Å². The van der Waals surface area contributed by atoms with E-state index >= 15 is 0 Å². The number of rotatable bonds is 6. The van der Waals surface area contributed by atoms with Crippen molar-refractivity contribution in [2.24, 2.45) is 0 Å². The summed E-state index contributed by atoms with van der Waals surface area (Å²) < 4.78 is 0.598. The van der Waals surface area contributed by atoms with Crippen molar-refractivity contribution in [2.45, 2.75) is 32.4 Å². The molecule has 0 N–H and O–H groups in total. The molecule has 0 radical (unpaired) electrons. The van der Waals surface area contributed by atoms with Crippen LogP contribution in [0.3, 0.4) is 0 Å². The lowest BCUT2D eigenvalue weighted by Crippen LogP contribution is -2.38. The van der Waals surface area contributed by atoms with Gasteiger partial charge in [-0.25, -0.2) is 0 Å². The SMILES string of the molecule is CCN1CCCC1CN(C)Cc1cccc([N+](=O)[O-])c1Br. The Morgan fingerprint density at radius 3 is 2.95 bits per heavy atom. The average Bonchev–Trinajstić information content (AvgIpc) is 2.87. The van der Waals surface area contributed by atoms with E-state index < -0.39 is 0 Å². The van der Waals surface area contributed by atoms with Gasteiger partial charge < -0.3 is 4.90 Å². The van der Waals surface area contributed by atoms with Crippen LogP contribution in [-0.2, 0) is 6.54 Å². The molecule has 1 fully saturated rings. The monoisotopic (exact) mass is 355 g/mol. The second-order valence-corrected chi connectivity index (χ2v) is 6.42. The molecule has 1 aromatic carbocycles. The first-order valence-electron chi connectivity index (χ1n) is 7.37. The summed E-state index contributed by atoms with van der Waals surface area (Å²) >= 11 is 3.37. The zero-order chi connectivity index (χ0) is 15.4. The van der Waals surface area contributed by atoms with E-state index in [1.807, 2.05) is 6.07 Å². The molecule has 1 saturated heterocycles. The fraction of sp³-hybridized carbons (Fsp3) is 0.600. The highest BCUT2D eigenvalue weighted by Crippen LogP contribution is 2.29. The molecule has 2 rings (SSSR count). The number of benzene rings is 1. The number of likely N-dealkylation sites (N-methyl/N-ethyl adjacent to an activating group) is 2. The number of nitro groups is 1. The number of likely N-dealkylation sites (tertiary alicyclic amines) is 1. The second kappa shape index (κ2) is 7.33. The third-order valence-electron chi connectivity index (χ3n) is 4.12.